The summed E-state index contributed by atoms with van der Waals surface area (Å²) in [7, 11) is 0. The van der Waals surface area contributed by atoms with Gasteiger partial charge in [-0.3, -0.25) is 9.69 Å². The summed E-state index contributed by atoms with van der Waals surface area (Å²) in [4.78, 5) is 17.4. The molecule has 150 valence electrons. The van der Waals surface area contributed by atoms with Gasteiger partial charge in [-0.1, -0.05) is 43.7 Å². The Bertz CT molecular complexity index is 740. The Morgan fingerprint density at radius 1 is 1.04 bits per heavy atom. The van der Waals surface area contributed by atoms with Gasteiger partial charge < -0.3 is 15.3 Å². The summed E-state index contributed by atoms with van der Waals surface area (Å²) in [6.45, 7) is 7.59. The van der Waals surface area contributed by atoms with Crippen LogP contribution in [0.5, 0.6) is 5.75 Å². The van der Waals surface area contributed by atoms with E-state index in [0.29, 0.717) is 0 Å². The van der Waals surface area contributed by atoms with Gasteiger partial charge in [-0.2, -0.15) is 0 Å². The first-order valence-corrected chi connectivity index (χ1v) is 10.2. The summed E-state index contributed by atoms with van der Waals surface area (Å²) in [5.74, 6) is 0.383. The third-order valence-electron chi connectivity index (χ3n) is 5.55. The zero-order chi connectivity index (χ0) is 19.9. The number of aromatic hydroxyl groups is 1. The zero-order valence-electron chi connectivity index (χ0n) is 16.8. The van der Waals surface area contributed by atoms with Gasteiger partial charge in [0.05, 0.1) is 12.1 Å². The smallest absolute Gasteiger partial charge is 0.237 e. The average molecular weight is 382 g/mol. The molecule has 2 aromatic rings. The van der Waals surface area contributed by atoms with E-state index in [4.69, 9.17) is 0 Å². The van der Waals surface area contributed by atoms with E-state index in [1.165, 1.54) is 5.56 Å². The first-order chi connectivity index (χ1) is 13.6. The van der Waals surface area contributed by atoms with Crippen molar-refractivity contribution in [1.29, 1.82) is 0 Å². The second kappa shape index (κ2) is 9.60. The van der Waals surface area contributed by atoms with Gasteiger partial charge in [0.2, 0.25) is 5.91 Å². The van der Waals surface area contributed by atoms with E-state index < -0.39 is 0 Å². The molecular formula is C23H31N3O2. The van der Waals surface area contributed by atoms with Crippen LogP contribution in [0.15, 0.2) is 54.6 Å². The lowest BCUT2D eigenvalue weighted by molar-refractivity contribution is -0.126. The summed E-state index contributed by atoms with van der Waals surface area (Å²) in [6.07, 6.45) is 1.97. The van der Waals surface area contributed by atoms with Crippen LogP contribution in [-0.2, 0) is 4.79 Å². The molecule has 1 amide bonds. The number of piperazine rings is 1. The number of nitrogens with one attached hydrogen (secondary N) is 1. The van der Waals surface area contributed by atoms with Gasteiger partial charge in [-0.25, -0.2) is 0 Å². The lowest BCUT2D eigenvalue weighted by Crippen LogP contribution is -2.54. The van der Waals surface area contributed by atoms with E-state index >= 15 is 0 Å². The highest BCUT2D eigenvalue weighted by Gasteiger charge is 2.27. The molecule has 5 nitrogen and oxygen atoms in total. The Morgan fingerprint density at radius 3 is 2.29 bits per heavy atom. The maximum atomic E-state index is 12.9. The molecule has 1 aliphatic heterocycles. The molecule has 0 radical (unpaired) electrons. The Labute approximate surface area is 168 Å². The Morgan fingerprint density at radius 2 is 1.68 bits per heavy atom. The van der Waals surface area contributed by atoms with Crippen molar-refractivity contribution in [2.45, 2.75) is 38.8 Å². The fraction of sp³-hybridized carbons (Fsp3) is 0.435. The summed E-state index contributed by atoms with van der Waals surface area (Å²) in [6, 6.07) is 17.5. The molecule has 0 aliphatic carbocycles. The fourth-order valence-electron chi connectivity index (χ4n) is 3.79. The van der Waals surface area contributed by atoms with E-state index in [2.05, 4.69) is 34.2 Å². The largest absolute Gasteiger partial charge is 0.508 e. The van der Waals surface area contributed by atoms with Crippen LogP contribution < -0.4 is 10.2 Å². The van der Waals surface area contributed by atoms with Gasteiger partial charge in [0.1, 0.15) is 5.75 Å². The number of phenols is 1. The highest BCUT2D eigenvalue weighted by molar-refractivity contribution is 5.81. The van der Waals surface area contributed by atoms with Gasteiger partial charge in [0.15, 0.2) is 0 Å². The molecule has 5 heteroatoms. The SMILES string of the molecule is CCC[C@@H](NC(=O)[C@H](C)N1CCN(c2ccc(O)cc2)CC1)c1ccccc1. The summed E-state index contributed by atoms with van der Waals surface area (Å²) >= 11 is 0. The molecule has 1 aliphatic rings. The topological polar surface area (TPSA) is 55.8 Å². The minimum Gasteiger partial charge on any atom is -0.508 e. The second-order valence-corrected chi connectivity index (χ2v) is 7.48. The highest BCUT2D eigenvalue weighted by Crippen LogP contribution is 2.21. The van der Waals surface area contributed by atoms with Crippen molar-refractivity contribution in [3.63, 3.8) is 0 Å². The number of rotatable bonds is 7. The first-order valence-electron chi connectivity index (χ1n) is 10.2. The van der Waals surface area contributed by atoms with Crippen molar-refractivity contribution < 1.29 is 9.90 Å². The van der Waals surface area contributed by atoms with Gasteiger partial charge in [0.25, 0.3) is 0 Å². The van der Waals surface area contributed by atoms with Gasteiger partial charge in [-0.15, -0.1) is 0 Å². The van der Waals surface area contributed by atoms with Crippen molar-refractivity contribution >= 4 is 11.6 Å². The average Bonchev–Trinajstić information content (AvgIpc) is 2.74. The van der Waals surface area contributed by atoms with E-state index in [1.807, 2.05) is 37.3 Å². The van der Waals surface area contributed by atoms with Crippen LogP contribution in [-0.4, -0.2) is 48.1 Å². The predicted octanol–water partition coefficient (Wildman–Crippen LogP) is 3.56. The second-order valence-electron chi connectivity index (χ2n) is 7.48. The molecule has 1 fully saturated rings. The van der Waals surface area contributed by atoms with Gasteiger partial charge in [-0.05, 0) is 43.2 Å². The number of hydrogen-bond donors (Lipinski definition) is 2. The van der Waals surface area contributed by atoms with E-state index in [9.17, 15) is 9.90 Å². The standard InChI is InChI=1S/C23H31N3O2/c1-3-7-22(19-8-5-4-6-9-19)24-23(28)18(2)25-14-16-26(17-15-25)20-10-12-21(27)13-11-20/h4-6,8-13,18,22,27H,3,7,14-17H2,1-2H3,(H,24,28)/t18-,22+/m0/s1. The Balaban J connectivity index is 1.55. The van der Waals surface area contributed by atoms with Crippen molar-refractivity contribution in [3.05, 3.63) is 60.2 Å². The number of benzene rings is 2. The number of carbonyl (C=O) groups is 1. The molecule has 2 aromatic carbocycles. The normalized spacial score (nSPS) is 17.1. The highest BCUT2D eigenvalue weighted by atomic mass is 16.3. The van der Waals surface area contributed by atoms with Crippen LogP contribution in [0.2, 0.25) is 0 Å². The molecule has 0 aromatic heterocycles. The number of hydrogen-bond acceptors (Lipinski definition) is 4. The molecule has 0 spiro atoms. The first kappa shape index (κ1) is 20.2. The minimum atomic E-state index is -0.148. The quantitative estimate of drug-likeness (QED) is 0.770. The number of carbonyl (C=O) groups excluding carboxylic acids is 1. The number of anilines is 1. The zero-order valence-corrected chi connectivity index (χ0v) is 16.8. The van der Waals surface area contributed by atoms with Crippen LogP contribution in [0.4, 0.5) is 5.69 Å². The third kappa shape index (κ3) is 5.04. The fourth-order valence-corrected chi connectivity index (χ4v) is 3.79. The van der Waals surface area contributed by atoms with Crippen LogP contribution >= 0.6 is 0 Å². The molecule has 0 bridgehead atoms. The number of phenolic OH excluding ortho intramolecular Hbond substituents is 1. The Kier molecular flexibility index (Phi) is 6.93. The summed E-state index contributed by atoms with van der Waals surface area (Å²) in [5.41, 5.74) is 2.28. The molecule has 1 heterocycles. The maximum absolute atomic E-state index is 12.9. The number of nitrogens with zero attached hydrogens (tertiary/aromatic N) is 2. The van der Waals surface area contributed by atoms with Gasteiger partial charge in [0, 0.05) is 31.9 Å². The van der Waals surface area contributed by atoms with E-state index in [1.54, 1.807) is 12.1 Å². The molecule has 0 saturated carbocycles. The van der Waals surface area contributed by atoms with E-state index in [0.717, 1.165) is 44.7 Å². The van der Waals surface area contributed by atoms with Crippen LogP contribution in [0.1, 0.15) is 38.3 Å². The lowest BCUT2D eigenvalue weighted by Gasteiger charge is -2.39. The monoisotopic (exact) mass is 381 g/mol. The van der Waals surface area contributed by atoms with E-state index in [-0.39, 0.29) is 23.7 Å². The van der Waals surface area contributed by atoms with Crippen molar-refractivity contribution in [2.75, 3.05) is 31.1 Å². The Hall–Kier alpha value is -2.53. The minimum absolute atomic E-state index is 0.0689. The van der Waals surface area contributed by atoms with Crippen LogP contribution in [0, 0.1) is 0 Å². The molecular weight excluding hydrogens is 350 g/mol. The molecule has 3 rings (SSSR count). The maximum Gasteiger partial charge on any atom is 0.237 e. The molecule has 2 atom stereocenters. The van der Waals surface area contributed by atoms with Crippen molar-refractivity contribution in [2.24, 2.45) is 0 Å². The van der Waals surface area contributed by atoms with Crippen LogP contribution in [0.25, 0.3) is 0 Å². The predicted molar refractivity (Wildman–Crippen MR) is 114 cm³/mol. The van der Waals surface area contributed by atoms with Gasteiger partial charge >= 0.3 is 0 Å². The molecule has 2 N–H and O–H groups in total. The third-order valence-corrected chi connectivity index (χ3v) is 5.55. The lowest BCUT2D eigenvalue weighted by atomic mass is 10.0. The molecule has 1 saturated heterocycles. The van der Waals surface area contributed by atoms with Crippen molar-refractivity contribution in [1.82, 2.24) is 10.2 Å². The summed E-state index contributed by atoms with van der Waals surface area (Å²) < 4.78 is 0. The molecule has 0 unspecified atom stereocenters. The van der Waals surface area contributed by atoms with Crippen molar-refractivity contribution in [3.8, 4) is 5.75 Å². The van der Waals surface area contributed by atoms with Crippen LogP contribution in [0.3, 0.4) is 0 Å². The molecule has 28 heavy (non-hydrogen) atoms. The number of amides is 1. The summed E-state index contributed by atoms with van der Waals surface area (Å²) in [5, 5.41) is 12.7.